The van der Waals surface area contributed by atoms with Crippen molar-refractivity contribution in [2.75, 3.05) is 25.0 Å². The summed E-state index contributed by atoms with van der Waals surface area (Å²) in [6.07, 6.45) is 4.18. The zero-order valence-corrected chi connectivity index (χ0v) is 12.3. The standard InChI is InChI=1S/C14H20N4S/c1-10-6-11-12(17-9-18-13(11)19-10)16-8-14(2)4-3-5-15-7-14/h6,9,15H,3-5,7-8H2,1-2H3,(H,16,17,18). The number of aromatic nitrogens is 2. The smallest absolute Gasteiger partial charge is 0.138 e. The van der Waals surface area contributed by atoms with Gasteiger partial charge < -0.3 is 10.6 Å². The van der Waals surface area contributed by atoms with Gasteiger partial charge in [0.25, 0.3) is 0 Å². The van der Waals surface area contributed by atoms with Crippen molar-refractivity contribution in [1.29, 1.82) is 0 Å². The molecular formula is C14H20N4S. The van der Waals surface area contributed by atoms with E-state index in [0.29, 0.717) is 5.41 Å². The average Bonchev–Trinajstić information content (AvgIpc) is 2.78. The van der Waals surface area contributed by atoms with Crippen LogP contribution in [0.4, 0.5) is 5.82 Å². The van der Waals surface area contributed by atoms with E-state index in [2.05, 4.69) is 40.5 Å². The molecule has 4 nitrogen and oxygen atoms in total. The normalized spacial score (nSPS) is 23.7. The summed E-state index contributed by atoms with van der Waals surface area (Å²) in [6, 6.07) is 2.17. The van der Waals surface area contributed by atoms with Gasteiger partial charge in [-0.1, -0.05) is 6.92 Å². The molecule has 19 heavy (non-hydrogen) atoms. The number of nitrogens with one attached hydrogen (secondary N) is 2. The van der Waals surface area contributed by atoms with E-state index in [0.717, 1.165) is 35.7 Å². The van der Waals surface area contributed by atoms with E-state index in [1.807, 2.05) is 0 Å². The van der Waals surface area contributed by atoms with Crippen LogP contribution in [0.25, 0.3) is 10.2 Å². The van der Waals surface area contributed by atoms with E-state index in [1.54, 1.807) is 17.7 Å². The van der Waals surface area contributed by atoms with Crippen molar-refractivity contribution in [2.24, 2.45) is 5.41 Å². The molecule has 0 aliphatic carbocycles. The Morgan fingerprint density at radius 1 is 1.47 bits per heavy atom. The van der Waals surface area contributed by atoms with Gasteiger partial charge in [0, 0.05) is 18.0 Å². The van der Waals surface area contributed by atoms with Crippen LogP contribution < -0.4 is 10.6 Å². The monoisotopic (exact) mass is 276 g/mol. The number of aryl methyl sites for hydroxylation is 1. The molecule has 0 saturated carbocycles. The second kappa shape index (κ2) is 5.06. The van der Waals surface area contributed by atoms with Crippen LogP contribution in [0.5, 0.6) is 0 Å². The van der Waals surface area contributed by atoms with Crippen LogP contribution >= 0.6 is 11.3 Å². The van der Waals surface area contributed by atoms with Crippen LogP contribution in [0, 0.1) is 12.3 Å². The van der Waals surface area contributed by atoms with Crippen LogP contribution in [0.2, 0.25) is 0 Å². The SMILES string of the molecule is Cc1cc2c(NCC3(C)CCCNC3)ncnc2s1. The van der Waals surface area contributed by atoms with Gasteiger partial charge in [-0.25, -0.2) is 9.97 Å². The number of fused-ring (bicyclic) bond motifs is 1. The molecule has 0 amide bonds. The van der Waals surface area contributed by atoms with Crippen molar-refractivity contribution in [3.05, 3.63) is 17.3 Å². The molecule has 1 fully saturated rings. The third-order valence-corrected chi connectivity index (χ3v) is 4.78. The van der Waals surface area contributed by atoms with E-state index < -0.39 is 0 Å². The van der Waals surface area contributed by atoms with Gasteiger partial charge in [-0.15, -0.1) is 11.3 Å². The number of hydrogen-bond donors (Lipinski definition) is 2. The second-order valence-electron chi connectivity index (χ2n) is 5.74. The number of anilines is 1. The van der Waals surface area contributed by atoms with Crippen LogP contribution in [0.1, 0.15) is 24.6 Å². The molecule has 1 aliphatic heterocycles. The Morgan fingerprint density at radius 2 is 2.37 bits per heavy atom. The maximum atomic E-state index is 4.40. The highest BCUT2D eigenvalue weighted by Gasteiger charge is 2.26. The molecule has 0 spiro atoms. The summed E-state index contributed by atoms with van der Waals surface area (Å²) in [5, 5.41) is 8.16. The van der Waals surface area contributed by atoms with Crippen LogP contribution in [0.15, 0.2) is 12.4 Å². The highest BCUT2D eigenvalue weighted by Crippen LogP contribution is 2.30. The predicted octanol–water partition coefficient (Wildman–Crippen LogP) is 2.80. The second-order valence-corrected chi connectivity index (χ2v) is 6.98. The van der Waals surface area contributed by atoms with E-state index in [-0.39, 0.29) is 0 Å². The summed E-state index contributed by atoms with van der Waals surface area (Å²) in [5.41, 5.74) is 0.320. The quantitative estimate of drug-likeness (QED) is 0.905. The van der Waals surface area contributed by atoms with Crippen molar-refractivity contribution in [3.8, 4) is 0 Å². The highest BCUT2D eigenvalue weighted by molar-refractivity contribution is 7.18. The van der Waals surface area contributed by atoms with Crippen molar-refractivity contribution >= 4 is 27.4 Å². The Bertz CT molecular complexity index is 572. The van der Waals surface area contributed by atoms with Gasteiger partial charge in [0.15, 0.2) is 0 Å². The summed E-state index contributed by atoms with van der Waals surface area (Å²) in [7, 11) is 0. The van der Waals surface area contributed by atoms with Crippen molar-refractivity contribution < 1.29 is 0 Å². The maximum absolute atomic E-state index is 4.40. The molecular weight excluding hydrogens is 256 g/mol. The molecule has 5 heteroatoms. The topological polar surface area (TPSA) is 49.8 Å². The summed E-state index contributed by atoms with van der Waals surface area (Å²) in [4.78, 5) is 11.1. The minimum atomic E-state index is 0.320. The first kappa shape index (κ1) is 12.8. The molecule has 1 aliphatic rings. The highest BCUT2D eigenvalue weighted by atomic mass is 32.1. The fourth-order valence-electron chi connectivity index (χ4n) is 2.68. The molecule has 0 aromatic carbocycles. The lowest BCUT2D eigenvalue weighted by Crippen LogP contribution is -2.42. The van der Waals surface area contributed by atoms with E-state index in [4.69, 9.17) is 0 Å². The van der Waals surface area contributed by atoms with Crippen molar-refractivity contribution in [3.63, 3.8) is 0 Å². The Morgan fingerprint density at radius 3 is 3.16 bits per heavy atom. The van der Waals surface area contributed by atoms with Gasteiger partial charge in [0.05, 0.1) is 5.39 Å². The average molecular weight is 276 g/mol. The number of nitrogens with zero attached hydrogens (tertiary/aromatic N) is 2. The lowest BCUT2D eigenvalue weighted by atomic mass is 9.83. The molecule has 1 unspecified atom stereocenters. The van der Waals surface area contributed by atoms with Crippen LogP contribution in [0.3, 0.4) is 0 Å². The number of hydrogen-bond acceptors (Lipinski definition) is 5. The Labute approximate surface area is 117 Å². The predicted molar refractivity (Wildman–Crippen MR) is 80.9 cm³/mol. The zero-order valence-electron chi connectivity index (χ0n) is 11.5. The van der Waals surface area contributed by atoms with Crippen molar-refractivity contribution in [1.82, 2.24) is 15.3 Å². The van der Waals surface area contributed by atoms with Crippen LogP contribution in [-0.2, 0) is 0 Å². The molecule has 1 saturated heterocycles. The first-order valence-electron chi connectivity index (χ1n) is 6.82. The largest absolute Gasteiger partial charge is 0.369 e. The molecule has 3 heterocycles. The summed E-state index contributed by atoms with van der Waals surface area (Å²) >= 11 is 1.72. The molecule has 2 aromatic heterocycles. The summed E-state index contributed by atoms with van der Waals surface area (Å²) in [6.45, 7) is 7.64. The zero-order chi connectivity index (χ0) is 13.3. The van der Waals surface area contributed by atoms with Crippen LogP contribution in [-0.4, -0.2) is 29.6 Å². The van der Waals surface area contributed by atoms with Gasteiger partial charge in [0.1, 0.15) is 17.0 Å². The van der Waals surface area contributed by atoms with Gasteiger partial charge in [-0.2, -0.15) is 0 Å². The molecule has 1 atom stereocenters. The molecule has 0 radical (unpaired) electrons. The number of thiophene rings is 1. The summed E-state index contributed by atoms with van der Waals surface area (Å²) in [5.74, 6) is 0.973. The molecule has 2 aromatic rings. The molecule has 3 rings (SSSR count). The first-order valence-corrected chi connectivity index (χ1v) is 7.64. The fraction of sp³-hybridized carbons (Fsp3) is 0.571. The molecule has 0 bridgehead atoms. The molecule has 102 valence electrons. The molecule has 2 N–H and O–H groups in total. The Kier molecular flexibility index (Phi) is 3.41. The number of piperidine rings is 1. The Balaban J connectivity index is 1.78. The number of rotatable bonds is 3. The third-order valence-electron chi connectivity index (χ3n) is 3.82. The summed E-state index contributed by atoms with van der Waals surface area (Å²) < 4.78 is 0. The van der Waals surface area contributed by atoms with Crippen molar-refractivity contribution in [2.45, 2.75) is 26.7 Å². The van der Waals surface area contributed by atoms with Gasteiger partial charge in [-0.05, 0) is 37.8 Å². The van der Waals surface area contributed by atoms with Gasteiger partial charge in [0.2, 0.25) is 0 Å². The maximum Gasteiger partial charge on any atom is 0.138 e. The minimum absolute atomic E-state index is 0.320. The lowest BCUT2D eigenvalue weighted by molar-refractivity contribution is 0.253. The van der Waals surface area contributed by atoms with E-state index >= 15 is 0 Å². The van der Waals surface area contributed by atoms with Gasteiger partial charge >= 0.3 is 0 Å². The Hall–Kier alpha value is -1.20. The van der Waals surface area contributed by atoms with Gasteiger partial charge in [-0.3, -0.25) is 0 Å². The first-order chi connectivity index (χ1) is 9.16. The van der Waals surface area contributed by atoms with E-state index in [1.165, 1.54) is 17.7 Å². The minimum Gasteiger partial charge on any atom is -0.369 e. The van der Waals surface area contributed by atoms with E-state index in [9.17, 15) is 0 Å². The lowest BCUT2D eigenvalue weighted by Gasteiger charge is -2.34. The fourth-order valence-corrected chi connectivity index (χ4v) is 3.53. The third kappa shape index (κ3) is 2.72.